The van der Waals surface area contributed by atoms with Crippen LogP contribution in [0.5, 0.6) is 0 Å². The molecule has 0 spiro atoms. The first-order valence-electron chi connectivity index (χ1n) is 7.96. The molecule has 7 heteroatoms. The molecule has 124 valence electrons. The number of nitrogens with one attached hydrogen (secondary N) is 2. The van der Waals surface area contributed by atoms with Crippen molar-refractivity contribution in [1.29, 1.82) is 5.26 Å². The minimum absolute atomic E-state index is 0.340. The number of hydrogen-bond acceptors (Lipinski definition) is 4. The van der Waals surface area contributed by atoms with Gasteiger partial charge in [-0.25, -0.2) is 4.98 Å². The third-order valence-corrected chi connectivity index (χ3v) is 5.62. The van der Waals surface area contributed by atoms with Crippen molar-refractivity contribution in [2.75, 3.05) is 6.61 Å². The molecule has 3 aromatic heterocycles. The molecular weight excluding hydrogens is 318 g/mol. The molecule has 0 saturated carbocycles. The predicted octanol–water partition coefficient (Wildman–Crippen LogP) is 3.68. The van der Waals surface area contributed by atoms with Gasteiger partial charge in [-0.2, -0.15) is 10.4 Å². The summed E-state index contributed by atoms with van der Waals surface area (Å²) < 4.78 is 5.82. The molecule has 0 aliphatic heterocycles. The molecule has 0 aromatic carbocycles. The number of nitrogens with zero attached hydrogens (tertiary/aromatic N) is 3. The second kappa shape index (κ2) is 6.59. The van der Waals surface area contributed by atoms with E-state index in [-0.39, 0.29) is 0 Å². The number of ether oxygens (including phenoxy) is 1. The zero-order chi connectivity index (χ0) is 17.2. The fourth-order valence-electron chi connectivity index (χ4n) is 2.58. The van der Waals surface area contributed by atoms with Crippen LogP contribution in [0, 0.1) is 11.3 Å². The van der Waals surface area contributed by atoms with Crippen molar-refractivity contribution in [1.82, 2.24) is 20.2 Å². The van der Waals surface area contributed by atoms with Crippen molar-refractivity contribution in [2.45, 2.75) is 32.3 Å². The Labute approximate surface area is 141 Å². The van der Waals surface area contributed by atoms with E-state index < -0.39 is 8.07 Å². The predicted molar refractivity (Wildman–Crippen MR) is 96.2 cm³/mol. The molecular formula is C17H21N5OSi. The highest BCUT2D eigenvalue weighted by Crippen LogP contribution is 2.32. The molecule has 0 aliphatic rings. The summed E-state index contributed by atoms with van der Waals surface area (Å²) in [7, 11) is -1.13. The molecule has 0 unspecified atom stereocenters. The highest BCUT2D eigenvalue weighted by molar-refractivity contribution is 6.76. The van der Waals surface area contributed by atoms with Crippen LogP contribution in [0.1, 0.15) is 11.3 Å². The summed E-state index contributed by atoms with van der Waals surface area (Å²) in [5, 5.41) is 17.4. The van der Waals surface area contributed by atoms with E-state index in [2.05, 4.69) is 45.9 Å². The Morgan fingerprint density at radius 2 is 2.17 bits per heavy atom. The highest BCUT2D eigenvalue weighted by atomic mass is 28.3. The van der Waals surface area contributed by atoms with E-state index in [0.29, 0.717) is 24.5 Å². The normalized spacial score (nSPS) is 11.8. The zero-order valence-electron chi connectivity index (χ0n) is 14.2. The SMILES string of the molecule is C[Si](C)(C)CCOCc1nc2[nH]ccc2c(-c2cn[nH]c2)c1C#N. The lowest BCUT2D eigenvalue weighted by molar-refractivity contribution is 0.130. The van der Waals surface area contributed by atoms with Gasteiger partial charge in [0.1, 0.15) is 11.7 Å². The van der Waals surface area contributed by atoms with Gasteiger partial charge >= 0.3 is 0 Å². The molecule has 3 aromatic rings. The van der Waals surface area contributed by atoms with Gasteiger partial charge in [0.2, 0.25) is 0 Å². The second-order valence-corrected chi connectivity index (χ2v) is 12.6. The number of aromatic nitrogens is 4. The number of H-pyrrole nitrogens is 2. The quantitative estimate of drug-likeness (QED) is 0.529. The van der Waals surface area contributed by atoms with Crippen LogP contribution in [-0.2, 0) is 11.3 Å². The molecule has 0 aliphatic carbocycles. The lowest BCUT2D eigenvalue weighted by Crippen LogP contribution is -2.21. The van der Waals surface area contributed by atoms with Crippen LogP contribution >= 0.6 is 0 Å². The monoisotopic (exact) mass is 339 g/mol. The highest BCUT2D eigenvalue weighted by Gasteiger charge is 2.18. The van der Waals surface area contributed by atoms with Gasteiger partial charge in [0.15, 0.2) is 0 Å². The molecule has 0 bridgehead atoms. The van der Waals surface area contributed by atoms with Crippen LogP contribution in [0.4, 0.5) is 0 Å². The van der Waals surface area contributed by atoms with Gasteiger partial charge in [-0.15, -0.1) is 0 Å². The Morgan fingerprint density at radius 1 is 1.33 bits per heavy atom. The van der Waals surface area contributed by atoms with Gasteiger partial charge < -0.3 is 9.72 Å². The van der Waals surface area contributed by atoms with Gasteiger partial charge in [-0.1, -0.05) is 19.6 Å². The molecule has 2 N–H and O–H groups in total. The topological polar surface area (TPSA) is 90.4 Å². The summed E-state index contributed by atoms with van der Waals surface area (Å²) in [5.74, 6) is 0. The van der Waals surface area contributed by atoms with Crippen molar-refractivity contribution >= 4 is 19.1 Å². The van der Waals surface area contributed by atoms with Gasteiger partial charge in [-0.3, -0.25) is 5.10 Å². The minimum Gasteiger partial charge on any atom is -0.375 e. The Bertz CT molecular complexity index is 871. The summed E-state index contributed by atoms with van der Waals surface area (Å²) in [4.78, 5) is 7.72. The van der Waals surface area contributed by atoms with E-state index in [1.54, 1.807) is 12.4 Å². The maximum Gasteiger partial charge on any atom is 0.138 e. The van der Waals surface area contributed by atoms with Crippen LogP contribution in [0.3, 0.4) is 0 Å². The summed E-state index contributed by atoms with van der Waals surface area (Å²) in [6, 6.07) is 5.33. The van der Waals surface area contributed by atoms with Gasteiger partial charge in [-0.05, 0) is 12.1 Å². The molecule has 0 saturated heterocycles. The Kier molecular flexibility index (Phi) is 4.51. The number of aromatic amines is 2. The summed E-state index contributed by atoms with van der Waals surface area (Å²) in [5.41, 5.74) is 3.70. The van der Waals surface area contributed by atoms with Crippen LogP contribution in [0.15, 0.2) is 24.7 Å². The fraction of sp³-hybridized carbons (Fsp3) is 0.353. The first kappa shape index (κ1) is 16.4. The molecule has 0 atom stereocenters. The Hall–Kier alpha value is -2.43. The second-order valence-electron chi connectivity index (χ2n) is 7.01. The molecule has 3 heterocycles. The van der Waals surface area contributed by atoms with Crippen molar-refractivity contribution in [2.24, 2.45) is 0 Å². The average Bonchev–Trinajstić information content (AvgIpc) is 3.20. The average molecular weight is 339 g/mol. The van der Waals surface area contributed by atoms with E-state index >= 15 is 0 Å². The molecule has 0 radical (unpaired) electrons. The Morgan fingerprint density at radius 3 is 2.83 bits per heavy atom. The number of fused-ring (bicyclic) bond motifs is 1. The van der Waals surface area contributed by atoms with Crippen LogP contribution in [-0.4, -0.2) is 34.8 Å². The van der Waals surface area contributed by atoms with Crippen LogP contribution in [0.25, 0.3) is 22.2 Å². The van der Waals surface area contributed by atoms with Crippen molar-refractivity contribution in [3.8, 4) is 17.2 Å². The first-order valence-corrected chi connectivity index (χ1v) is 11.7. The van der Waals surface area contributed by atoms with E-state index in [4.69, 9.17) is 4.74 Å². The maximum atomic E-state index is 9.70. The largest absolute Gasteiger partial charge is 0.375 e. The van der Waals surface area contributed by atoms with Crippen molar-refractivity contribution < 1.29 is 4.74 Å². The molecule has 6 nitrogen and oxygen atoms in total. The molecule has 0 amide bonds. The third kappa shape index (κ3) is 3.40. The number of pyridine rings is 1. The number of nitriles is 1. The van der Waals surface area contributed by atoms with E-state index in [1.165, 1.54) is 0 Å². The lowest BCUT2D eigenvalue weighted by Gasteiger charge is -2.16. The first-order chi connectivity index (χ1) is 11.5. The van der Waals surface area contributed by atoms with Crippen LogP contribution < -0.4 is 0 Å². The van der Waals surface area contributed by atoms with Crippen LogP contribution in [0.2, 0.25) is 25.7 Å². The molecule has 0 fully saturated rings. The van der Waals surface area contributed by atoms with Gasteiger partial charge in [0.25, 0.3) is 0 Å². The maximum absolute atomic E-state index is 9.70. The number of hydrogen-bond donors (Lipinski definition) is 2. The van der Waals surface area contributed by atoms with Gasteiger partial charge in [0.05, 0.1) is 24.1 Å². The molecule has 3 rings (SSSR count). The fourth-order valence-corrected chi connectivity index (χ4v) is 3.34. The summed E-state index contributed by atoms with van der Waals surface area (Å²) >= 11 is 0. The zero-order valence-corrected chi connectivity index (χ0v) is 15.2. The minimum atomic E-state index is -1.13. The third-order valence-electron chi connectivity index (χ3n) is 3.91. The van der Waals surface area contributed by atoms with Gasteiger partial charge in [0, 0.05) is 43.6 Å². The Balaban J connectivity index is 1.95. The standard InChI is InChI=1S/C17H21N5OSi/c1-24(2,3)7-6-23-11-15-14(8-18)16(12-9-20-21-10-12)13-4-5-19-17(13)22-15/h4-5,9-10H,6-7,11H2,1-3H3,(H,19,22)(H,20,21). The lowest BCUT2D eigenvalue weighted by atomic mass is 9.99. The molecule has 24 heavy (non-hydrogen) atoms. The van der Waals surface area contributed by atoms with E-state index in [1.807, 2.05) is 12.3 Å². The van der Waals surface area contributed by atoms with E-state index in [0.717, 1.165) is 28.2 Å². The number of rotatable bonds is 6. The summed E-state index contributed by atoms with van der Waals surface area (Å²) in [6.45, 7) is 7.99. The summed E-state index contributed by atoms with van der Waals surface area (Å²) in [6.07, 6.45) is 5.34. The van der Waals surface area contributed by atoms with Crippen molar-refractivity contribution in [3.63, 3.8) is 0 Å². The smallest absolute Gasteiger partial charge is 0.138 e. The van der Waals surface area contributed by atoms with E-state index in [9.17, 15) is 5.26 Å². The van der Waals surface area contributed by atoms with Crippen molar-refractivity contribution in [3.05, 3.63) is 35.9 Å².